The number of hydrogen-bond acceptors (Lipinski definition) is 4. The van der Waals surface area contributed by atoms with E-state index in [1.54, 1.807) is 6.07 Å². The van der Waals surface area contributed by atoms with Crippen molar-refractivity contribution in [2.75, 3.05) is 24.6 Å². The topological polar surface area (TPSA) is 38.2 Å². The molecule has 1 aliphatic heterocycles. The van der Waals surface area contributed by atoms with Gasteiger partial charge in [-0.2, -0.15) is 0 Å². The van der Waals surface area contributed by atoms with Crippen LogP contribution in [0.25, 0.3) is 12.2 Å². The quantitative estimate of drug-likeness (QED) is 0.839. The lowest BCUT2D eigenvalue weighted by Crippen LogP contribution is -2.24. The normalized spacial score (nSPS) is 17.8. The second-order valence-electron chi connectivity index (χ2n) is 5.93. The molecule has 1 unspecified atom stereocenters. The number of benzene rings is 1. The van der Waals surface area contributed by atoms with Crippen LogP contribution >= 0.6 is 0 Å². The van der Waals surface area contributed by atoms with E-state index >= 15 is 0 Å². The molecule has 0 aliphatic carbocycles. The zero-order chi connectivity index (χ0) is 16.9. The van der Waals surface area contributed by atoms with Crippen molar-refractivity contribution < 1.29 is 9.13 Å². The molecule has 1 aromatic carbocycles. The third-order valence-corrected chi connectivity index (χ3v) is 4.00. The summed E-state index contributed by atoms with van der Waals surface area (Å²) in [7, 11) is 0. The molecule has 3 rings (SSSR count). The van der Waals surface area contributed by atoms with E-state index in [1.165, 1.54) is 12.1 Å². The third-order valence-electron chi connectivity index (χ3n) is 4.00. The molecule has 126 valence electrons. The predicted molar refractivity (Wildman–Crippen MR) is 94.3 cm³/mol. The Bertz CT molecular complexity index is 732. The molecular weight excluding hydrogens is 305 g/mol. The van der Waals surface area contributed by atoms with Crippen LogP contribution < -0.4 is 4.90 Å². The van der Waals surface area contributed by atoms with Crippen molar-refractivity contribution in [3.05, 3.63) is 53.2 Å². The van der Waals surface area contributed by atoms with Gasteiger partial charge in [-0.05, 0) is 44.0 Å². The summed E-state index contributed by atoms with van der Waals surface area (Å²) < 4.78 is 18.9. The minimum absolute atomic E-state index is 0.248. The Hall–Kier alpha value is -2.27. The minimum Gasteiger partial charge on any atom is -0.377 e. The summed E-state index contributed by atoms with van der Waals surface area (Å²) in [4.78, 5) is 11.3. The molecule has 1 atom stereocenters. The number of aromatic nitrogens is 2. The summed E-state index contributed by atoms with van der Waals surface area (Å²) in [5, 5.41) is 0. The lowest BCUT2D eigenvalue weighted by atomic mass is 10.2. The van der Waals surface area contributed by atoms with Crippen LogP contribution in [-0.2, 0) is 4.74 Å². The standard InChI is InChI=1S/C19H22FN3O/c1-3-24-17-9-10-23(13-17)19-11-14(2)21-18(22-19)8-7-15-5-4-6-16(20)12-15/h4-8,11-12,17H,3,9-10,13H2,1-2H3. The van der Waals surface area contributed by atoms with E-state index in [0.717, 1.165) is 43.2 Å². The van der Waals surface area contributed by atoms with Gasteiger partial charge < -0.3 is 9.64 Å². The first-order valence-electron chi connectivity index (χ1n) is 8.30. The largest absolute Gasteiger partial charge is 0.377 e. The molecule has 0 amide bonds. The lowest BCUT2D eigenvalue weighted by molar-refractivity contribution is 0.0787. The summed E-state index contributed by atoms with van der Waals surface area (Å²) in [5.41, 5.74) is 1.71. The van der Waals surface area contributed by atoms with Gasteiger partial charge in [-0.3, -0.25) is 0 Å². The highest BCUT2D eigenvalue weighted by atomic mass is 19.1. The van der Waals surface area contributed by atoms with Gasteiger partial charge in [0.15, 0.2) is 5.82 Å². The Kier molecular flexibility index (Phi) is 5.20. The van der Waals surface area contributed by atoms with Crippen molar-refractivity contribution in [1.82, 2.24) is 9.97 Å². The maximum absolute atomic E-state index is 13.2. The number of hydrogen-bond donors (Lipinski definition) is 0. The summed E-state index contributed by atoms with van der Waals surface area (Å²) in [6.07, 6.45) is 4.94. The van der Waals surface area contributed by atoms with Gasteiger partial charge in [0.25, 0.3) is 0 Å². The average molecular weight is 327 g/mol. The van der Waals surface area contributed by atoms with Crippen LogP contribution in [0.3, 0.4) is 0 Å². The molecule has 0 radical (unpaired) electrons. The third kappa shape index (κ3) is 4.17. The number of halogens is 1. The van der Waals surface area contributed by atoms with E-state index in [4.69, 9.17) is 4.74 Å². The van der Waals surface area contributed by atoms with Gasteiger partial charge >= 0.3 is 0 Å². The fourth-order valence-electron chi connectivity index (χ4n) is 2.90. The number of ether oxygens (including phenoxy) is 1. The molecule has 0 N–H and O–H groups in total. The molecule has 4 nitrogen and oxygen atoms in total. The van der Waals surface area contributed by atoms with Gasteiger partial charge in [0.05, 0.1) is 6.10 Å². The maximum atomic E-state index is 13.2. The predicted octanol–water partition coefficient (Wildman–Crippen LogP) is 3.71. The number of nitrogens with zero attached hydrogens (tertiary/aromatic N) is 3. The van der Waals surface area contributed by atoms with Gasteiger partial charge in [0, 0.05) is 31.5 Å². The highest BCUT2D eigenvalue weighted by Crippen LogP contribution is 2.21. The minimum atomic E-state index is -0.248. The zero-order valence-corrected chi connectivity index (χ0v) is 14.1. The van der Waals surface area contributed by atoms with Crippen molar-refractivity contribution >= 4 is 18.0 Å². The highest BCUT2D eigenvalue weighted by molar-refractivity contribution is 5.67. The van der Waals surface area contributed by atoms with Crippen molar-refractivity contribution in [3.8, 4) is 0 Å². The SMILES string of the molecule is CCOC1CCN(c2cc(C)nc(C=Cc3cccc(F)c3)n2)C1. The molecule has 0 bridgehead atoms. The van der Waals surface area contributed by atoms with Crippen LogP contribution in [0.5, 0.6) is 0 Å². The summed E-state index contributed by atoms with van der Waals surface area (Å²) in [6, 6.07) is 8.45. The number of aryl methyl sites for hydroxylation is 1. The molecular formula is C19H22FN3O. The molecule has 0 spiro atoms. The first kappa shape index (κ1) is 16.6. The fourth-order valence-corrected chi connectivity index (χ4v) is 2.90. The molecule has 1 saturated heterocycles. The van der Waals surface area contributed by atoms with Crippen LogP contribution in [0.1, 0.15) is 30.4 Å². The monoisotopic (exact) mass is 327 g/mol. The van der Waals surface area contributed by atoms with E-state index in [0.29, 0.717) is 5.82 Å². The van der Waals surface area contributed by atoms with Crippen molar-refractivity contribution in [2.45, 2.75) is 26.4 Å². The summed E-state index contributed by atoms with van der Waals surface area (Å²) in [5.74, 6) is 1.31. The van der Waals surface area contributed by atoms with Gasteiger partial charge in [0.2, 0.25) is 0 Å². The zero-order valence-electron chi connectivity index (χ0n) is 14.1. The van der Waals surface area contributed by atoms with Gasteiger partial charge in [-0.1, -0.05) is 18.2 Å². The molecule has 2 heterocycles. The Labute approximate surface area is 142 Å². The van der Waals surface area contributed by atoms with Crippen LogP contribution in [0.15, 0.2) is 30.3 Å². The van der Waals surface area contributed by atoms with E-state index in [1.807, 2.05) is 38.1 Å². The van der Waals surface area contributed by atoms with Crippen LogP contribution in [0, 0.1) is 12.7 Å². The molecule has 2 aromatic rings. The van der Waals surface area contributed by atoms with Crippen molar-refractivity contribution in [2.24, 2.45) is 0 Å². The van der Waals surface area contributed by atoms with E-state index in [2.05, 4.69) is 14.9 Å². The average Bonchev–Trinajstić information content (AvgIpc) is 3.02. The van der Waals surface area contributed by atoms with Crippen LogP contribution in [0.2, 0.25) is 0 Å². The van der Waals surface area contributed by atoms with Gasteiger partial charge in [-0.25, -0.2) is 14.4 Å². The fraction of sp³-hybridized carbons (Fsp3) is 0.368. The Balaban J connectivity index is 1.77. The Morgan fingerprint density at radius 2 is 2.17 bits per heavy atom. The molecule has 1 aromatic heterocycles. The summed E-state index contributed by atoms with van der Waals surface area (Å²) >= 11 is 0. The second kappa shape index (κ2) is 7.53. The smallest absolute Gasteiger partial charge is 0.154 e. The Morgan fingerprint density at radius 3 is 2.96 bits per heavy atom. The highest BCUT2D eigenvalue weighted by Gasteiger charge is 2.24. The van der Waals surface area contributed by atoms with E-state index < -0.39 is 0 Å². The van der Waals surface area contributed by atoms with Gasteiger partial charge in [-0.15, -0.1) is 0 Å². The Morgan fingerprint density at radius 1 is 1.29 bits per heavy atom. The first-order chi connectivity index (χ1) is 11.6. The summed E-state index contributed by atoms with van der Waals surface area (Å²) in [6.45, 7) is 6.52. The van der Waals surface area contributed by atoms with Crippen LogP contribution in [0.4, 0.5) is 10.2 Å². The van der Waals surface area contributed by atoms with Crippen LogP contribution in [-0.4, -0.2) is 35.8 Å². The molecule has 1 aliphatic rings. The molecule has 24 heavy (non-hydrogen) atoms. The van der Waals surface area contributed by atoms with Gasteiger partial charge in [0.1, 0.15) is 11.6 Å². The number of anilines is 1. The van der Waals surface area contributed by atoms with Crippen molar-refractivity contribution in [1.29, 1.82) is 0 Å². The van der Waals surface area contributed by atoms with Crippen molar-refractivity contribution in [3.63, 3.8) is 0 Å². The molecule has 1 fully saturated rings. The first-order valence-corrected chi connectivity index (χ1v) is 8.30. The maximum Gasteiger partial charge on any atom is 0.154 e. The lowest BCUT2D eigenvalue weighted by Gasteiger charge is -2.18. The second-order valence-corrected chi connectivity index (χ2v) is 5.93. The van der Waals surface area contributed by atoms with E-state index in [9.17, 15) is 4.39 Å². The molecule has 5 heteroatoms. The van der Waals surface area contributed by atoms with E-state index in [-0.39, 0.29) is 11.9 Å². The molecule has 0 saturated carbocycles. The number of rotatable bonds is 5.